The number of benzene rings is 1. The molecule has 106 valence electrons. The van der Waals surface area contributed by atoms with Crippen LogP contribution in [-0.4, -0.2) is 11.5 Å². The van der Waals surface area contributed by atoms with E-state index in [-0.39, 0.29) is 0 Å². The quantitative estimate of drug-likeness (QED) is 0.920. The molecule has 1 unspecified atom stereocenters. The molecule has 1 fully saturated rings. The molecule has 1 aromatic carbocycles. The summed E-state index contributed by atoms with van der Waals surface area (Å²) in [4.78, 5) is 6.93. The van der Waals surface area contributed by atoms with E-state index in [4.69, 9.17) is 5.73 Å². The van der Waals surface area contributed by atoms with Crippen molar-refractivity contribution in [3.8, 4) is 0 Å². The number of rotatable bonds is 3. The van der Waals surface area contributed by atoms with Crippen molar-refractivity contribution in [2.24, 2.45) is 0 Å². The van der Waals surface area contributed by atoms with Crippen molar-refractivity contribution in [1.29, 1.82) is 0 Å². The molecule has 2 N–H and O–H groups in total. The van der Waals surface area contributed by atoms with E-state index in [1.54, 1.807) is 0 Å². The van der Waals surface area contributed by atoms with Gasteiger partial charge in [-0.05, 0) is 36.5 Å². The molecule has 0 saturated carbocycles. The standard InChI is InChI=1S/C16H21N3S/c1-11(2)12-5-7-13(8-6-12)19-9-3-4-15(19)14-10-20-16(17)18-14/h5-8,10-11,15H,3-4,9H2,1-2H3,(H2,17,18). The highest BCUT2D eigenvalue weighted by Gasteiger charge is 2.28. The van der Waals surface area contributed by atoms with Gasteiger partial charge in [-0.15, -0.1) is 11.3 Å². The predicted molar refractivity (Wildman–Crippen MR) is 86.4 cm³/mol. The fourth-order valence-corrected chi connectivity index (χ4v) is 3.50. The highest BCUT2D eigenvalue weighted by atomic mass is 32.1. The molecule has 4 heteroatoms. The Morgan fingerprint density at radius 1 is 1.30 bits per heavy atom. The summed E-state index contributed by atoms with van der Waals surface area (Å²) in [5.41, 5.74) is 9.58. The molecule has 0 radical (unpaired) electrons. The summed E-state index contributed by atoms with van der Waals surface area (Å²) in [5.74, 6) is 0.580. The second-order valence-corrected chi connectivity index (χ2v) is 6.60. The lowest BCUT2D eigenvalue weighted by atomic mass is 10.0. The normalized spacial score (nSPS) is 18.9. The molecule has 1 atom stereocenters. The molecule has 0 amide bonds. The molecule has 3 nitrogen and oxygen atoms in total. The van der Waals surface area contributed by atoms with Crippen molar-refractivity contribution >= 4 is 22.2 Å². The summed E-state index contributed by atoms with van der Waals surface area (Å²) in [5, 5.41) is 2.77. The van der Waals surface area contributed by atoms with Crippen LogP contribution in [0.2, 0.25) is 0 Å². The van der Waals surface area contributed by atoms with E-state index in [1.165, 1.54) is 29.0 Å². The number of hydrogen-bond acceptors (Lipinski definition) is 4. The molecule has 0 aliphatic carbocycles. The van der Waals surface area contributed by atoms with Crippen LogP contribution in [0.1, 0.15) is 49.9 Å². The van der Waals surface area contributed by atoms with Gasteiger partial charge in [0.25, 0.3) is 0 Å². The van der Waals surface area contributed by atoms with E-state index < -0.39 is 0 Å². The van der Waals surface area contributed by atoms with Gasteiger partial charge in [-0.1, -0.05) is 26.0 Å². The largest absolute Gasteiger partial charge is 0.375 e. The Balaban J connectivity index is 1.85. The predicted octanol–water partition coefficient (Wildman–Crippen LogP) is 4.19. The van der Waals surface area contributed by atoms with Gasteiger partial charge in [0.1, 0.15) is 0 Å². The minimum Gasteiger partial charge on any atom is -0.375 e. The molecule has 1 aliphatic heterocycles. The first kappa shape index (κ1) is 13.4. The Hall–Kier alpha value is -1.55. The molecule has 1 aliphatic rings. The highest BCUT2D eigenvalue weighted by Crippen LogP contribution is 2.37. The zero-order valence-electron chi connectivity index (χ0n) is 12.0. The summed E-state index contributed by atoms with van der Waals surface area (Å²) >= 11 is 1.53. The van der Waals surface area contributed by atoms with Crippen molar-refractivity contribution in [1.82, 2.24) is 4.98 Å². The highest BCUT2D eigenvalue weighted by molar-refractivity contribution is 7.13. The fraction of sp³-hybridized carbons (Fsp3) is 0.438. The molecule has 3 rings (SSSR count). The summed E-state index contributed by atoms with van der Waals surface area (Å²) in [6.07, 6.45) is 2.38. The van der Waals surface area contributed by atoms with Crippen LogP contribution in [0.3, 0.4) is 0 Å². The topological polar surface area (TPSA) is 42.1 Å². The monoisotopic (exact) mass is 287 g/mol. The van der Waals surface area contributed by atoms with Crippen molar-refractivity contribution in [2.75, 3.05) is 17.2 Å². The first-order chi connectivity index (χ1) is 9.65. The van der Waals surface area contributed by atoms with Gasteiger partial charge >= 0.3 is 0 Å². The van der Waals surface area contributed by atoms with Crippen LogP contribution < -0.4 is 10.6 Å². The Morgan fingerprint density at radius 2 is 2.05 bits per heavy atom. The number of thiazole rings is 1. The third-order valence-electron chi connectivity index (χ3n) is 4.03. The molecule has 0 spiro atoms. The summed E-state index contributed by atoms with van der Waals surface area (Å²) in [6, 6.07) is 9.34. The van der Waals surface area contributed by atoms with E-state index in [1.807, 2.05) is 0 Å². The van der Waals surface area contributed by atoms with Gasteiger partial charge in [-0.25, -0.2) is 4.98 Å². The van der Waals surface area contributed by atoms with E-state index in [9.17, 15) is 0 Å². The summed E-state index contributed by atoms with van der Waals surface area (Å²) in [6.45, 7) is 5.56. The van der Waals surface area contributed by atoms with E-state index in [0.29, 0.717) is 17.1 Å². The number of hydrogen-bond donors (Lipinski definition) is 1. The van der Waals surface area contributed by atoms with E-state index >= 15 is 0 Å². The SMILES string of the molecule is CC(C)c1ccc(N2CCCC2c2csc(N)n2)cc1. The lowest BCUT2D eigenvalue weighted by molar-refractivity contribution is 0.700. The van der Waals surface area contributed by atoms with Crippen molar-refractivity contribution in [2.45, 2.75) is 38.6 Å². The van der Waals surface area contributed by atoms with Crippen molar-refractivity contribution in [3.63, 3.8) is 0 Å². The first-order valence-corrected chi connectivity index (χ1v) is 8.10. The second-order valence-electron chi connectivity index (χ2n) is 5.71. The molecular weight excluding hydrogens is 266 g/mol. The Kier molecular flexibility index (Phi) is 3.66. The second kappa shape index (κ2) is 5.44. The van der Waals surface area contributed by atoms with Gasteiger partial charge in [0.15, 0.2) is 5.13 Å². The number of aromatic nitrogens is 1. The zero-order chi connectivity index (χ0) is 14.1. The average Bonchev–Trinajstić information content (AvgIpc) is 3.07. The molecule has 20 heavy (non-hydrogen) atoms. The third kappa shape index (κ3) is 2.52. The lowest BCUT2D eigenvalue weighted by Crippen LogP contribution is -2.22. The van der Waals surface area contributed by atoms with E-state index in [2.05, 4.69) is 53.4 Å². The van der Waals surface area contributed by atoms with Crippen molar-refractivity contribution < 1.29 is 0 Å². The Labute approximate surface area is 124 Å². The zero-order valence-corrected chi connectivity index (χ0v) is 12.9. The Bertz CT molecular complexity index is 574. The molecule has 2 heterocycles. The van der Waals surface area contributed by atoms with Gasteiger partial charge in [0.05, 0.1) is 11.7 Å². The van der Waals surface area contributed by atoms with Gasteiger partial charge in [-0.3, -0.25) is 0 Å². The fourth-order valence-electron chi connectivity index (χ4n) is 2.89. The van der Waals surface area contributed by atoms with Crippen LogP contribution in [0.15, 0.2) is 29.6 Å². The van der Waals surface area contributed by atoms with Gasteiger partial charge in [0.2, 0.25) is 0 Å². The minimum atomic E-state index is 0.383. The minimum absolute atomic E-state index is 0.383. The maximum Gasteiger partial charge on any atom is 0.180 e. The van der Waals surface area contributed by atoms with Crippen molar-refractivity contribution in [3.05, 3.63) is 40.9 Å². The van der Waals surface area contributed by atoms with Gasteiger partial charge < -0.3 is 10.6 Å². The van der Waals surface area contributed by atoms with Crippen LogP contribution >= 0.6 is 11.3 Å². The number of nitrogens with zero attached hydrogens (tertiary/aromatic N) is 2. The third-order valence-corrected chi connectivity index (χ3v) is 4.72. The molecular formula is C16H21N3S. The smallest absolute Gasteiger partial charge is 0.180 e. The molecule has 1 saturated heterocycles. The maximum atomic E-state index is 5.77. The molecule has 0 bridgehead atoms. The van der Waals surface area contributed by atoms with Crippen LogP contribution in [0.4, 0.5) is 10.8 Å². The average molecular weight is 287 g/mol. The van der Waals surface area contributed by atoms with Crippen LogP contribution in [0, 0.1) is 0 Å². The first-order valence-electron chi connectivity index (χ1n) is 7.22. The number of nitrogens with two attached hydrogens (primary N) is 1. The summed E-state index contributed by atoms with van der Waals surface area (Å²) < 4.78 is 0. The van der Waals surface area contributed by atoms with Crippen LogP contribution in [0.25, 0.3) is 0 Å². The maximum absolute atomic E-state index is 5.77. The lowest BCUT2D eigenvalue weighted by Gasteiger charge is -2.26. The van der Waals surface area contributed by atoms with Gasteiger partial charge in [0, 0.05) is 17.6 Å². The summed E-state index contributed by atoms with van der Waals surface area (Å²) in [7, 11) is 0. The number of nitrogen functional groups attached to an aromatic ring is 1. The van der Waals surface area contributed by atoms with E-state index in [0.717, 1.165) is 18.7 Å². The number of anilines is 2. The Morgan fingerprint density at radius 3 is 2.65 bits per heavy atom. The molecule has 2 aromatic rings. The molecule has 1 aromatic heterocycles. The van der Waals surface area contributed by atoms with Crippen LogP contribution in [0.5, 0.6) is 0 Å². The van der Waals surface area contributed by atoms with Gasteiger partial charge in [-0.2, -0.15) is 0 Å². The van der Waals surface area contributed by atoms with Crippen LogP contribution in [-0.2, 0) is 0 Å².